The van der Waals surface area contributed by atoms with Crippen LogP contribution < -0.4 is 20.1 Å². The van der Waals surface area contributed by atoms with Crippen LogP contribution in [-0.2, 0) is 4.79 Å². The van der Waals surface area contributed by atoms with Crippen molar-refractivity contribution in [3.05, 3.63) is 59.2 Å². The number of nitrogens with one attached hydrogen (secondary N) is 3. The maximum Gasteiger partial charge on any atom is 0.251 e. The summed E-state index contributed by atoms with van der Waals surface area (Å²) in [7, 11) is 0. The van der Waals surface area contributed by atoms with Crippen molar-refractivity contribution < 1.29 is 29.3 Å². The molecular weight excluding hydrogens is 476 g/mol. The van der Waals surface area contributed by atoms with Crippen molar-refractivity contribution in [3.63, 3.8) is 0 Å². The van der Waals surface area contributed by atoms with Gasteiger partial charge < -0.3 is 30.3 Å². The molecule has 2 aromatic carbocycles. The molecule has 5 rings (SSSR count). The number of ether oxygens (including phenoxy) is 2. The van der Waals surface area contributed by atoms with Crippen LogP contribution in [0.3, 0.4) is 0 Å². The molecule has 0 aliphatic carbocycles. The van der Waals surface area contributed by atoms with Gasteiger partial charge in [0.2, 0.25) is 12.2 Å². The fourth-order valence-corrected chi connectivity index (χ4v) is 5.54. The summed E-state index contributed by atoms with van der Waals surface area (Å²) in [6.45, 7) is 5.24. The molecule has 0 spiro atoms. The standard InChI is InChI=1S/C27H32N4O6/c1-4-27(5-2)13-20(33)31(25(28)30-27)22-17-12-15(10-11-19(17)37-26(22,3)14-32)23(34)29-21-16-8-6-7-9-18(16)36-24(21)35/h6-12,21-22,24,32,35H,4-5,13-14H2,1-3H3,(H2,28,30)(H,29,34)/t21-,22?,24-,26?/m1/s1. The van der Waals surface area contributed by atoms with Gasteiger partial charge >= 0.3 is 0 Å². The molecule has 10 heteroatoms. The summed E-state index contributed by atoms with van der Waals surface area (Å²) in [6.07, 6.45) is 0.351. The Morgan fingerprint density at radius 3 is 2.59 bits per heavy atom. The Hall–Kier alpha value is -3.63. The van der Waals surface area contributed by atoms with Crippen molar-refractivity contribution in [2.45, 2.75) is 69.5 Å². The van der Waals surface area contributed by atoms with Gasteiger partial charge in [0.05, 0.1) is 13.0 Å². The molecule has 1 fully saturated rings. The topological polar surface area (TPSA) is 144 Å². The van der Waals surface area contributed by atoms with Gasteiger partial charge in [-0.2, -0.15) is 0 Å². The van der Waals surface area contributed by atoms with E-state index >= 15 is 0 Å². The molecular formula is C27H32N4O6. The second-order valence-electron chi connectivity index (χ2n) is 10.1. The van der Waals surface area contributed by atoms with Gasteiger partial charge in [-0.05, 0) is 44.0 Å². The Balaban J connectivity index is 1.46. The van der Waals surface area contributed by atoms with Gasteiger partial charge in [0.15, 0.2) is 11.6 Å². The second kappa shape index (κ2) is 9.04. The molecule has 196 valence electrons. The van der Waals surface area contributed by atoms with Crippen LogP contribution >= 0.6 is 0 Å². The Morgan fingerprint density at radius 2 is 1.92 bits per heavy atom. The monoisotopic (exact) mass is 508 g/mol. The molecule has 37 heavy (non-hydrogen) atoms. The number of aliphatic hydroxyl groups is 2. The number of carbonyl (C=O) groups excluding carboxylic acids is 2. The molecule has 0 bridgehead atoms. The van der Waals surface area contributed by atoms with Crippen molar-refractivity contribution >= 4 is 17.8 Å². The van der Waals surface area contributed by atoms with E-state index in [1.165, 1.54) is 4.90 Å². The third kappa shape index (κ3) is 4.00. The van der Waals surface area contributed by atoms with E-state index < -0.39 is 42.0 Å². The van der Waals surface area contributed by atoms with E-state index in [4.69, 9.17) is 14.9 Å². The fourth-order valence-electron chi connectivity index (χ4n) is 5.54. The lowest BCUT2D eigenvalue weighted by molar-refractivity contribution is -0.136. The minimum Gasteiger partial charge on any atom is -0.482 e. The number of hydrogen-bond acceptors (Lipinski definition) is 7. The minimum atomic E-state index is -1.22. The first-order valence-corrected chi connectivity index (χ1v) is 12.5. The quantitative estimate of drug-likeness (QED) is 0.403. The number of nitrogens with zero attached hydrogens (tertiary/aromatic N) is 1. The summed E-state index contributed by atoms with van der Waals surface area (Å²) in [5.41, 5.74) is -0.231. The summed E-state index contributed by atoms with van der Waals surface area (Å²) in [5.74, 6) is 0.185. The highest BCUT2D eigenvalue weighted by molar-refractivity contribution is 6.00. The fraction of sp³-hybridized carbons (Fsp3) is 0.444. The Labute approximate surface area is 215 Å². The Morgan fingerprint density at radius 1 is 1.19 bits per heavy atom. The zero-order valence-corrected chi connectivity index (χ0v) is 21.1. The average Bonchev–Trinajstić information content (AvgIpc) is 3.36. The van der Waals surface area contributed by atoms with Crippen molar-refractivity contribution in [2.75, 3.05) is 6.61 Å². The number of rotatable bonds is 6. The zero-order valence-electron chi connectivity index (χ0n) is 21.1. The number of benzene rings is 2. The van der Waals surface area contributed by atoms with E-state index in [0.717, 1.165) is 0 Å². The number of fused-ring (bicyclic) bond motifs is 2. The number of carbonyl (C=O) groups is 2. The van der Waals surface area contributed by atoms with E-state index in [2.05, 4.69) is 10.6 Å². The molecule has 2 amide bonds. The van der Waals surface area contributed by atoms with Gasteiger partial charge in [0, 0.05) is 22.2 Å². The predicted octanol–water partition coefficient (Wildman–Crippen LogP) is 2.37. The van der Waals surface area contributed by atoms with Crippen LogP contribution in [-0.4, -0.2) is 56.9 Å². The predicted molar refractivity (Wildman–Crippen MR) is 134 cm³/mol. The highest BCUT2D eigenvalue weighted by atomic mass is 16.6. The summed E-state index contributed by atoms with van der Waals surface area (Å²) >= 11 is 0. The number of hydrogen-bond donors (Lipinski definition) is 5. The molecule has 10 nitrogen and oxygen atoms in total. The lowest BCUT2D eigenvalue weighted by atomic mass is 9.84. The van der Waals surface area contributed by atoms with Gasteiger partial charge in [-0.1, -0.05) is 32.0 Å². The first-order chi connectivity index (χ1) is 17.6. The normalized spacial score (nSPS) is 27.6. The Kier molecular flexibility index (Phi) is 6.12. The van der Waals surface area contributed by atoms with E-state index in [1.807, 2.05) is 13.8 Å². The van der Waals surface area contributed by atoms with Crippen LogP contribution in [0.1, 0.15) is 73.6 Å². The minimum absolute atomic E-state index is 0.0567. The SMILES string of the molecule is CCC1(CC)CC(=O)N(C2c3cc(C(=O)N[C@@H]4c5ccccc5O[C@H]4O)ccc3OC2(C)CO)C(=N)N1. The number of amides is 2. The zero-order chi connectivity index (χ0) is 26.5. The molecule has 1 saturated heterocycles. The first-order valence-electron chi connectivity index (χ1n) is 12.5. The summed E-state index contributed by atoms with van der Waals surface area (Å²) < 4.78 is 11.5. The van der Waals surface area contributed by atoms with E-state index in [-0.39, 0.29) is 23.9 Å². The molecule has 5 N–H and O–H groups in total. The van der Waals surface area contributed by atoms with Gasteiger partial charge in [0.25, 0.3) is 5.91 Å². The van der Waals surface area contributed by atoms with Crippen LogP contribution in [0.15, 0.2) is 42.5 Å². The molecule has 2 unspecified atom stereocenters. The number of aliphatic hydroxyl groups excluding tert-OH is 2. The third-order valence-electron chi connectivity index (χ3n) is 7.87. The van der Waals surface area contributed by atoms with Gasteiger partial charge in [-0.15, -0.1) is 0 Å². The second-order valence-corrected chi connectivity index (χ2v) is 10.1. The highest BCUT2D eigenvalue weighted by Crippen LogP contribution is 2.48. The van der Waals surface area contributed by atoms with Gasteiger partial charge in [-0.3, -0.25) is 19.9 Å². The molecule has 0 saturated carbocycles. The summed E-state index contributed by atoms with van der Waals surface area (Å²) in [6, 6.07) is 10.4. The smallest absolute Gasteiger partial charge is 0.251 e. The van der Waals surface area contributed by atoms with Gasteiger partial charge in [0.1, 0.15) is 23.6 Å². The molecule has 0 aromatic heterocycles. The molecule has 3 heterocycles. The van der Waals surface area contributed by atoms with E-state index in [1.54, 1.807) is 49.4 Å². The summed E-state index contributed by atoms with van der Waals surface area (Å²) in [5, 5.41) is 35.4. The van der Waals surface area contributed by atoms with Crippen LogP contribution in [0, 0.1) is 5.41 Å². The van der Waals surface area contributed by atoms with E-state index in [9.17, 15) is 19.8 Å². The first kappa shape index (κ1) is 25.0. The highest BCUT2D eigenvalue weighted by Gasteiger charge is 2.53. The molecule has 0 radical (unpaired) electrons. The maximum absolute atomic E-state index is 13.4. The lowest BCUT2D eigenvalue weighted by Gasteiger charge is -2.46. The van der Waals surface area contributed by atoms with Gasteiger partial charge in [-0.25, -0.2) is 0 Å². The number of guanidine groups is 1. The average molecular weight is 509 g/mol. The Bertz CT molecular complexity index is 1240. The van der Waals surface area contributed by atoms with Crippen molar-refractivity contribution in [1.29, 1.82) is 5.41 Å². The van der Waals surface area contributed by atoms with Crippen LogP contribution in [0.4, 0.5) is 0 Å². The third-order valence-corrected chi connectivity index (χ3v) is 7.87. The molecule has 3 aliphatic rings. The van der Waals surface area contributed by atoms with Crippen molar-refractivity contribution in [3.8, 4) is 11.5 Å². The summed E-state index contributed by atoms with van der Waals surface area (Å²) in [4.78, 5) is 28.0. The largest absolute Gasteiger partial charge is 0.482 e. The van der Waals surface area contributed by atoms with Crippen LogP contribution in [0.25, 0.3) is 0 Å². The van der Waals surface area contributed by atoms with Crippen LogP contribution in [0.2, 0.25) is 0 Å². The van der Waals surface area contributed by atoms with Crippen LogP contribution in [0.5, 0.6) is 11.5 Å². The lowest BCUT2D eigenvalue weighted by Crippen LogP contribution is -2.64. The molecule has 2 aromatic rings. The van der Waals surface area contributed by atoms with Crippen molar-refractivity contribution in [2.24, 2.45) is 0 Å². The number of para-hydroxylation sites is 1. The molecule has 3 aliphatic heterocycles. The molecule has 4 atom stereocenters. The van der Waals surface area contributed by atoms with Crippen molar-refractivity contribution in [1.82, 2.24) is 15.5 Å². The van der Waals surface area contributed by atoms with E-state index in [0.29, 0.717) is 35.5 Å². The maximum atomic E-state index is 13.4.